The molecular weight excluding hydrogens is 584 g/mol. The van der Waals surface area contributed by atoms with Gasteiger partial charge in [0.15, 0.2) is 8.38 Å². The minimum atomic E-state index is -0.814. The van der Waals surface area contributed by atoms with Crippen LogP contribution in [-0.4, -0.2) is 50.8 Å². The molecule has 0 atom stereocenters. The van der Waals surface area contributed by atoms with E-state index in [-0.39, 0.29) is 5.97 Å². The lowest BCUT2D eigenvalue weighted by Crippen LogP contribution is -2.21. The number of nitrogens with one attached hydrogen (secondary N) is 1. The second-order valence-corrected chi connectivity index (χ2v) is 12.0. The lowest BCUT2D eigenvalue weighted by molar-refractivity contribution is 0.0532. The Morgan fingerprint density at radius 3 is 2.56 bits per heavy atom. The number of hydrogen-bond donors (Lipinski definition) is 1. The van der Waals surface area contributed by atoms with E-state index in [0.29, 0.717) is 32.0 Å². The van der Waals surface area contributed by atoms with Gasteiger partial charge in [-0.2, -0.15) is 0 Å². The maximum atomic E-state index is 12.6. The summed E-state index contributed by atoms with van der Waals surface area (Å²) in [6.45, 7) is 14.4. The quantitative estimate of drug-likeness (QED) is 0.0695. The monoisotopic (exact) mass is 623 g/mol. The van der Waals surface area contributed by atoms with Gasteiger partial charge in [0.25, 0.3) is 0 Å². The number of esters is 1. The number of benzene rings is 1. The molecule has 192 valence electrons. The third-order valence-electron chi connectivity index (χ3n) is 5.80. The van der Waals surface area contributed by atoms with E-state index in [2.05, 4.69) is 53.4 Å². The van der Waals surface area contributed by atoms with Gasteiger partial charge in [-0.1, -0.05) is 34.4 Å². The fourth-order valence-corrected chi connectivity index (χ4v) is 6.05. The van der Waals surface area contributed by atoms with E-state index in [1.165, 1.54) is 16.7 Å². The number of cyclic esters (lactones) is 1. The Balaban J connectivity index is 2.18. The first-order valence-electron chi connectivity index (χ1n) is 12.1. The van der Waals surface area contributed by atoms with Crippen LogP contribution in [0.3, 0.4) is 0 Å². The van der Waals surface area contributed by atoms with Gasteiger partial charge in [0, 0.05) is 36.1 Å². The smallest absolute Gasteiger partial charge is 0.342 e. The number of ether oxygens (including phenoxy) is 2. The van der Waals surface area contributed by atoms with Gasteiger partial charge in [-0.3, -0.25) is 0 Å². The highest BCUT2D eigenvalue weighted by atomic mass is 127. The van der Waals surface area contributed by atoms with Crippen molar-refractivity contribution >= 4 is 44.5 Å². The van der Waals surface area contributed by atoms with Crippen molar-refractivity contribution in [3.63, 3.8) is 0 Å². The first kappa shape index (κ1) is 29.8. The molecule has 9 heteroatoms. The van der Waals surface area contributed by atoms with Crippen LogP contribution in [0.25, 0.3) is 0 Å². The average Bonchev–Trinajstić information content (AvgIpc) is 3.22. The summed E-state index contributed by atoms with van der Waals surface area (Å²) in [5.41, 5.74) is 6.52. The highest BCUT2D eigenvalue weighted by Gasteiger charge is 2.32. The highest BCUT2D eigenvalue weighted by Crippen LogP contribution is 2.39. The SMILES string of the molecule is CCOP(CCNC/C(=C/Cc1c(CC)c(C)c2c(c1OCCSI)C(=O)OC2)CC)OCC. The molecule has 1 heterocycles. The molecule has 0 unspecified atom stereocenters. The van der Waals surface area contributed by atoms with Crippen LogP contribution in [0.15, 0.2) is 11.6 Å². The molecule has 0 amide bonds. The summed E-state index contributed by atoms with van der Waals surface area (Å²) in [6, 6.07) is 0. The minimum Gasteiger partial charge on any atom is -0.491 e. The average molecular weight is 624 g/mol. The number of fused-ring (bicyclic) bond motifs is 1. The van der Waals surface area contributed by atoms with E-state index in [1.807, 2.05) is 13.8 Å². The Labute approximate surface area is 222 Å². The van der Waals surface area contributed by atoms with Crippen LogP contribution >= 0.6 is 38.5 Å². The van der Waals surface area contributed by atoms with Gasteiger partial charge in [-0.15, -0.1) is 0 Å². The van der Waals surface area contributed by atoms with Crippen LogP contribution in [-0.2, 0) is 33.2 Å². The maximum absolute atomic E-state index is 12.6. The van der Waals surface area contributed by atoms with Gasteiger partial charge >= 0.3 is 5.97 Å². The molecule has 1 aliphatic heterocycles. The molecule has 1 aromatic carbocycles. The van der Waals surface area contributed by atoms with Crippen LogP contribution in [0.5, 0.6) is 5.75 Å². The van der Waals surface area contributed by atoms with Gasteiger partial charge in [0.1, 0.15) is 17.9 Å². The first-order valence-corrected chi connectivity index (χ1v) is 17.0. The van der Waals surface area contributed by atoms with Crippen molar-refractivity contribution in [3.05, 3.63) is 39.5 Å². The van der Waals surface area contributed by atoms with E-state index in [1.54, 1.807) is 8.93 Å². The van der Waals surface area contributed by atoms with E-state index in [0.717, 1.165) is 61.1 Å². The van der Waals surface area contributed by atoms with Gasteiger partial charge in [-0.25, -0.2) is 4.79 Å². The van der Waals surface area contributed by atoms with Crippen molar-refractivity contribution in [2.75, 3.05) is 44.8 Å². The fraction of sp³-hybridized carbons (Fsp3) is 0.640. The number of rotatable bonds is 17. The molecule has 0 fully saturated rings. The predicted octanol–water partition coefficient (Wildman–Crippen LogP) is 6.54. The zero-order chi connectivity index (χ0) is 24.9. The van der Waals surface area contributed by atoms with Crippen molar-refractivity contribution < 1.29 is 23.3 Å². The maximum Gasteiger partial charge on any atom is 0.342 e. The van der Waals surface area contributed by atoms with Crippen LogP contribution in [0.4, 0.5) is 0 Å². The summed E-state index contributed by atoms with van der Waals surface area (Å²) in [5, 5.41) is 3.54. The van der Waals surface area contributed by atoms with E-state index < -0.39 is 8.38 Å². The third-order valence-corrected chi connectivity index (χ3v) is 9.13. The van der Waals surface area contributed by atoms with E-state index >= 15 is 0 Å². The van der Waals surface area contributed by atoms with Gasteiger partial charge in [-0.05, 0) is 72.4 Å². The first-order chi connectivity index (χ1) is 16.5. The van der Waals surface area contributed by atoms with Crippen molar-refractivity contribution in [1.82, 2.24) is 5.32 Å². The summed E-state index contributed by atoms with van der Waals surface area (Å²) in [5.74, 6) is 1.33. The van der Waals surface area contributed by atoms with Crippen molar-refractivity contribution in [1.29, 1.82) is 0 Å². The van der Waals surface area contributed by atoms with Crippen LogP contribution in [0.2, 0.25) is 0 Å². The molecular formula is C25H39INO5PS. The molecule has 1 aromatic rings. The fourth-order valence-electron chi connectivity index (χ4n) is 4.12. The molecule has 0 saturated heterocycles. The Morgan fingerprint density at radius 2 is 1.94 bits per heavy atom. The standard InChI is InChI=1S/C25H39INO5PS/c1-6-19(16-27-12-14-33(31-8-3)32-9-4)10-11-21-20(7-2)18(5)22-17-30-25(28)23(22)24(21)29-13-15-34-26/h10,27H,6-9,11-17H2,1-5H3/b19-10+. The Morgan fingerprint density at radius 1 is 1.21 bits per heavy atom. The van der Waals surface area contributed by atoms with Crippen LogP contribution < -0.4 is 10.1 Å². The molecule has 6 nitrogen and oxygen atoms in total. The summed E-state index contributed by atoms with van der Waals surface area (Å²) < 4.78 is 23.0. The lowest BCUT2D eigenvalue weighted by atomic mass is 9.89. The Hall–Kier alpha value is -0.380. The predicted molar refractivity (Wildman–Crippen MR) is 152 cm³/mol. The summed E-state index contributed by atoms with van der Waals surface area (Å²) in [6.07, 6.45) is 5.78. The van der Waals surface area contributed by atoms with Gasteiger partial charge in [0.05, 0.1) is 19.8 Å². The normalized spacial score (nSPS) is 13.5. The number of carbonyl (C=O) groups excluding carboxylic acids is 1. The number of carbonyl (C=O) groups is 1. The Bertz CT molecular complexity index is 830. The van der Waals surface area contributed by atoms with Crippen molar-refractivity contribution in [2.45, 2.75) is 60.5 Å². The zero-order valence-electron chi connectivity index (χ0n) is 21.1. The largest absolute Gasteiger partial charge is 0.491 e. The highest BCUT2D eigenvalue weighted by molar-refractivity contribution is 14.2. The molecule has 1 aliphatic rings. The third kappa shape index (κ3) is 8.34. The molecule has 34 heavy (non-hydrogen) atoms. The lowest BCUT2D eigenvalue weighted by Gasteiger charge is -2.20. The molecule has 0 bridgehead atoms. The topological polar surface area (TPSA) is 66.0 Å². The molecule has 0 aromatic heterocycles. The van der Waals surface area contributed by atoms with E-state index in [4.69, 9.17) is 18.5 Å². The number of halogens is 1. The molecule has 0 radical (unpaired) electrons. The van der Waals surface area contributed by atoms with Gasteiger partial charge in [0.2, 0.25) is 0 Å². The summed E-state index contributed by atoms with van der Waals surface area (Å²) in [7, 11) is 0.893. The van der Waals surface area contributed by atoms with Crippen LogP contribution in [0, 0.1) is 6.92 Å². The second-order valence-electron chi connectivity index (χ2n) is 7.84. The van der Waals surface area contributed by atoms with Crippen molar-refractivity contribution in [3.8, 4) is 5.75 Å². The zero-order valence-corrected chi connectivity index (χ0v) is 25.0. The number of hydrogen-bond acceptors (Lipinski definition) is 7. The van der Waals surface area contributed by atoms with Crippen LogP contribution in [0.1, 0.15) is 66.7 Å². The van der Waals surface area contributed by atoms with Gasteiger partial charge < -0.3 is 23.8 Å². The molecule has 2 rings (SSSR count). The Kier molecular flexibility index (Phi) is 14.4. The molecule has 1 N–H and O–H groups in total. The summed E-state index contributed by atoms with van der Waals surface area (Å²) >= 11 is 2.27. The number of allylic oxidation sites excluding steroid dienone is 1. The summed E-state index contributed by atoms with van der Waals surface area (Å²) in [4.78, 5) is 12.6. The molecule has 0 saturated carbocycles. The van der Waals surface area contributed by atoms with E-state index in [9.17, 15) is 4.79 Å². The van der Waals surface area contributed by atoms with Crippen molar-refractivity contribution in [2.24, 2.45) is 0 Å². The molecule has 0 spiro atoms. The minimum absolute atomic E-state index is 0.263. The second kappa shape index (κ2) is 16.4. The molecule has 0 aliphatic carbocycles.